The largest absolute Gasteiger partial charge is 0.316 e. The monoisotopic (exact) mass is 241 g/mol. The van der Waals surface area contributed by atoms with Crippen LogP contribution in [0.5, 0.6) is 0 Å². The van der Waals surface area contributed by atoms with E-state index in [1.807, 2.05) is 19.4 Å². The summed E-state index contributed by atoms with van der Waals surface area (Å²) in [6, 6.07) is 2.75. The second-order valence-corrected chi connectivity index (χ2v) is 4.31. The molecule has 3 nitrogen and oxygen atoms in total. The van der Waals surface area contributed by atoms with E-state index in [0.717, 1.165) is 13.1 Å². The third-order valence-electron chi connectivity index (χ3n) is 3.22. The van der Waals surface area contributed by atoms with Crippen molar-refractivity contribution in [1.29, 1.82) is 0 Å². The number of aryl methyl sites for hydroxylation is 1. The second-order valence-electron chi connectivity index (χ2n) is 4.31. The number of nitrogens with zero attached hydrogens (tertiary/aromatic N) is 2. The molecule has 4 heteroatoms. The van der Waals surface area contributed by atoms with Gasteiger partial charge in [-0.15, -0.1) is 12.4 Å². The molecule has 0 amide bonds. The second kappa shape index (κ2) is 6.18. The fourth-order valence-electron chi connectivity index (χ4n) is 2.12. The first-order chi connectivity index (χ1) is 7.29. The lowest BCUT2D eigenvalue weighted by atomic mass is 10.1. The molecule has 1 unspecified atom stereocenters. The third-order valence-corrected chi connectivity index (χ3v) is 3.22. The molecule has 1 fully saturated rings. The van der Waals surface area contributed by atoms with Gasteiger partial charge in [0.15, 0.2) is 0 Å². The number of likely N-dealkylation sites (N-methyl/N-ethyl adjacent to an activating group) is 1. The van der Waals surface area contributed by atoms with Crippen molar-refractivity contribution < 1.29 is 0 Å². The summed E-state index contributed by atoms with van der Waals surface area (Å²) in [5.74, 6) is 0. The summed E-state index contributed by atoms with van der Waals surface area (Å²) < 4.78 is 0. The average Bonchev–Trinajstić information content (AvgIpc) is 2.69. The maximum Gasteiger partial charge on any atom is 0.0315 e. The van der Waals surface area contributed by atoms with Gasteiger partial charge in [0.05, 0.1) is 0 Å². The molecule has 1 atom stereocenters. The maximum absolute atomic E-state index is 4.18. The zero-order valence-electron chi connectivity index (χ0n) is 9.94. The van der Waals surface area contributed by atoms with Crippen molar-refractivity contribution in [3.05, 3.63) is 29.6 Å². The standard InChI is InChI=1S/C12H19N3.ClH/c1-10-3-5-14-7-11(10)8-15-6-4-12(9-15)13-2;/h3,5,7,12-13H,4,6,8-9H2,1-2H3;1H. The van der Waals surface area contributed by atoms with E-state index in [1.54, 1.807) is 0 Å². The molecule has 1 aromatic heterocycles. The highest BCUT2D eigenvalue weighted by atomic mass is 35.5. The van der Waals surface area contributed by atoms with Crippen LogP contribution in [0.2, 0.25) is 0 Å². The topological polar surface area (TPSA) is 28.2 Å². The number of hydrogen-bond acceptors (Lipinski definition) is 3. The Labute approximate surface area is 104 Å². The summed E-state index contributed by atoms with van der Waals surface area (Å²) in [5.41, 5.74) is 2.70. The van der Waals surface area contributed by atoms with Gasteiger partial charge in [0.1, 0.15) is 0 Å². The highest BCUT2D eigenvalue weighted by Gasteiger charge is 2.20. The molecule has 1 aliphatic heterocycles. The van der Waals surface area contributed by atoms with Crippen molar-refractivity contribution in [2.45, 2.75) is 25.9 Å². The molecule has 90 valence electrons. The van der Waals surface area contributed by atoms with Gasteiger partial charge in [0.2, 0.25) is 0 Å². The molecule has 2 rings (SSSR count). The van der Waals surface area contributed by atoms with Gasteiger partial charge >= 0.3 is 0 Å². The molecular formula is C12H20ClN3. The first kappa shape index (κ1) is 13.4. The van der Waals surface area contributed by atoms with E-state index in [-0.39, 0.29) is 12.4 Å². The molecular weight excluding hydrogens is 222 g/mol. The van der Waals surface area contributed by atoms with Gasteiger partial charge in [-0.1, -0.05) is 0 Å². The molecule has 16 heavy (non-hydrogen) atoms. The summed E-state index contributed by atoms with van der Waals surface area (Å²) in [4.78, 5) is 6.68. The molecule has 2 heterocycles. The normalized spacial score (nSPS) is 20.8. The lowest BCUT2D eigenvalue weighted by Crippen LogP contribution is -2.29. The van der Waals surface area contributed by atoms with Crippen LogP contribution in [0.3, 0.4) is 0 Å². The van der Waals surface area contributed by atoms with E-state index in [0.29, 0.717) is 6.04 Å². The zero-order chi connectivity index (χ0) is 10.7. The van der Waals surface area contributed by atoms with Crippen molar-refractivity contribution in [1.82, 2.24) is 15.2 Å². The van der Waals surface area contributed by atoms with Crippen LogP contribution in [0.15, 0.2) is 18.5 Å². The number of nitrogens with one attached hydrogen (secondary N) is 1. The lowest BCUT2D eigenvalue weighted by Gasteiger charge is -2.16. The van der Waals surface area contributed by atoms with Gasteiger partial charge in [0, 0.05) is 38.1 Å². The fraction of sp³-hybridized carbons (Fsp3) is 0.583. The number of halogens is 1. The Morgan fingerprint density at radius 3 is 3.00 bits per heavy atom. The SMILES string of the molecule is CNC1CCN(Cc2cnccc2C)C1.Cl. The van der Waals surface area contributed by atoms with E-state index in [9.17, 15) is 0 Å². The molecule has 0 aromatic carbocycles. The highest BCUT2D eigenvalue weighted by molar-refractivity contribution is 5.85. The summed E-state index contributed by atoms with van der Waals surface area (Å²) in [7, 11) is 2.05. The van der Waals surface area contributed by atoms with Gasteiger partial charge in [-0.05, 0) is 37.6 Å². The Kier molecular flexibility index (Phi) is 5.19. The van der Waals surface area contributed by atoms with Gasteiger partial charge < -0.3 is 5.32 Å². The number of pyridine rings is 1. The quantitative estimate of drug-likeness (QED) is 0.872. The van der Waals surface area contributed by atoms with E-state index < -0.39 is 0 Å². The van der Waals surface area contributed by atoms with Gasteiger partial charge in [-0.25, -0.2) is 0 Å². The van der Waals surface area contributed by atoms with E-state index >= 15 is 0 Å². The van der Waals surface area contributed by atoms with Crippen molar-refractivity contribution >= 4 is 12.4 Å². The Hall–Kier alpha value is -0.640. The minimum absolute atomic E-state index is 0. The van der Waals surface area contributed by atoms with Crippen LogP contribution in [0.4, 0.5) is 0 Å². The van der Waals surface area contributed by atoms with Crippen molar-refractivity contribution in [3.63, 3.8) is 0 Å². The fourth-order valence-corrected chi connectivity index (χ4v) is 2.12. The number of aromatic nitrogens is 1. The van der Waals surface area contributed by atoms with Gasteiger partial charge in [-0.3, -0.25) is 9.88 Å². The first-order valence-corrected chi connectivity index (χ1v) is 5.58. The average molecular weight is 242 g/mol. The molecule has 1 aromatic rings. The minimum atomic E-state index is 0. The third kappa shape index (κ3) is 3.17. The van der Waals surface area contributed by atoms with E-state index in [2.05, 4.69) is 28.2 Å². The molecule has 1 aliphatic rings. The minimum Gasteiger partial charge on any atom is -0.316 e. The van der Waals surface area contributed by atoms with Crippen LogP contribution in [-0.4, -0.2) is 36.1 Å². The first-order valence-electron chi connectivity index (χ1n) is 5.58. The summed E-state index contributed by atoms with van der Waals surface area (Å²) in [6.07, 6.45) is 5.11. The molecule has 0 bridgehead atoms. The van der Waals surface area contributed by atoms with Crippen LogP contribution < -0.4 is 5.32 Å². The van der Waals surface area contributed by atoms with Crippen LogP contribution in [0.1, 0.15) is 17.5 Å². The Bertz CT molecular complexity index is 330. The molecule has 0 spiro atoms. The number of hydrogen-bond donors (Lipinski definition) is 1. The lowest BCUT2D eigenvalue weighted by molar-refractivity contribution is 0.321. The van der Waals surface area contributed by atoms with Gasteiger partial charge in [0.25, 0.3) is 0 Å². The summed E-state index contributed by atoms with van der Waals surface area (Å²) in [5, 5.41) is 3.34. The summed E-state index contributed by atoms with van der Waals surface area (Å²) >= 11 is 0. The number of rotatable bonds is 3. The molecule has 0 aliphatic carbocycles. The van der Waals surface area contributed by atoms with E-state index in [4.69, 9.17) is 0 Å². The van der Waals surface area contributed by atoms with Crippen molar-refractivity contribution in [2.75, 3.05) is 20.1 Å². The maximum atomic E-state index is 4.18. The molecule has 0 saturated carbocycles. The van der Waals surface area contributed by atoms with Crippen LogP contribution in [-0.2, 0) is 6.54 Å². The number of likely N-dealkylation sites (tertiary alicyclic amines) is 1. The van der Waals surface area contributed by atoms with Crippen LogP contribution >= 0.6 is 12.4 Å². The van der Waals surface area contributed by atoms with Crippen LogP contribution in [0, 0.1) is 6.92 Å². The van der Waals surface area contributed by atoms with Gasteiger partial charge in [-0.2, -0.15) is 0 Å². The molecule has 1 N–H and O–H groups in total. The smallest absolute Gasteiger partial charge is 0.0315 e. The highest BCUT2D eigenvalue weighted by Crippen LogP contribution is 2.14. The van der Waals surface area contributed by atoms with Crippen molar-refractivity contribution in [2.24, 2.45) is 0 Å². The van der Waals surface area contributed by atoms with E-state index in [1.165, 1.54) is 24.1 Å². The zero-order valence-corrected chi connectivity index (χ0v) is 10.8. The Morgan fingerprint density at radius 1 is 1.56 bits per heavy atom. The Morgan fingerprint density at radius 2 is 2.38 bits per heavy atom. The van der Waals surface area contributed by atoms with Crippen molar-refractivity contribution in [3.8, 4) is 0 Å². The molecule has 1 saturated heterocycles. The van der Waals surface area contributed by atoms with Crippen LogP contribution in [0.25, 0.3) is 0 Å². The Balaban J connectivity index is 0.00000128. The molecule has 0 radical (unpaired) electrons. The summed E-state index contributed by atoms with van der Waals surface area (Å²) in [6.45, 7) is 5.55. The predicted molar refractivity (Wildman–Crippen MR) is 69.0 cm³/mol. The predicted octanol–water partition coefficient (Wildman–Crippen LogP) is 1.61.